The molecule has 1 aromatic heterocycles. The summed E-state index contributed by atoms with van der Waals surface area (Å²) < 4.78 is 0. The van der Waals surface area contributed by atoms with E-state index in [9.17, 15) is 4.79 Å². The molecule has 1 aromatic rings. The van der Waals surface area contributed by atoms with Crippen molar-refractivity contribution in [3.63, 3.8) is 0 Å². The van der Waals surface area contributed by atoms with Crippen molar-refractivity contribution in [2.24, 2.45) is 5.16 Å². The molecule has 0 atom stereocenters. The maximum absolute atomic E-state index is 10.8. The van der Waals surface area contributed by atoms with Gasteiger partial charge in [-0.05, 0) is 0 Å². The van der Waals surface area contributed by atoms with Crippen molar-refractivity contribution < 1.29 is 14.7 Å². The molecule has 7 heteroatoms. The summed E-state index contributed by atoms with van der Waals surface area (Å²) in [6, 6.07) is 0. The Morgan fingerprint density at radius 1 is 1.87 bits per heavy atom. The molecule has 0 aliphatic heterocycles. The number of nitrogens with zero attached hydrogens (tertiary/aromatic N) is 2. The van der Waals surface area contributed by atoms with Crippen LogP contribution in [0, 0.1) is 12.3 Å². The lowest BCUT2D eigenvalue weighted by atomic mass is 10.3. The molecule has 0 amide bonds. The maximum Gasteiger partial charge on any atom is 0.360 e. The SMILES string of the molecule is C#CCON=C(C(=O)O)c1csc(N)n1. The number of oxime groups is 1. The standard InChI is InChI=1S/C8H7N3O3S/c1-2-3-14-11-6(7(12)13)5-4-15-8(9)10-5/h1,4H,3H2,(H2,9,10)(H,12,13). The molecular formula is C8H7N3O3S. The molecule has 3 N–H and O–H groups in total. The van der Waals surface area contributed by atoms with Gasteiger partial charge in [-0.2, -0.15) is 0 Å². The fourth-order valence-corrected chi connectivity index (χ4v) is 1.27. The minimum Gasteiger partial charge on any atom is -0.476 e. The Labute approximate surface area is 89.4 Å². The summed E-state index contributed by atoms with van der Waals surface area (Å²) in [5.74, 6) is 0.901. The number of anilines is 1. The molecule has 0 bridgehead atoms. The van der Waals surface area contributed by atoms with Crippen LogP contribution in [0.4, 0.5) is 5.13 Å². The second-order valence-electron chi connectivity index (χ2n) is 2.29. The number of rotatable bonds is 4. The van der Waals surface area contributed by atoms with E-state index in [2.05, 4.69) is 20.9 Å². The molecular weight excluding hydrogens is 218 g/mol. The van der Waals surface area contributed by atoms with Gasteiger partial charge >= 0.3 is 5.97 Å². The zero-order valence-electron chi connectivity index (χ0n) is 7.51. The highest BCUT2D eigenvalue weighted by atomic mass is 32.1. The monoisotopic (exact) mass is 225 g/mol. The molecule has 78 valence electrons. The van der Waals surface area contributed by atoms with Crippen molar-refractivity contribution in [3.8, 4) is 12.3 Å². The molecule has 0 radical (unpaired) electrons. The molecule has 0 saturated heterocycles. The molecule has 15 heavy (non-hydrogen) atoms. The first-order valence-electron chi connectivity index (χ1n) is 3.73. The van der Waals surface area contributed by atoms with Crippen molar-refractivity contribution in [1.29, 1.82) is 0 Å². The fraction of sp³-hybridized carbons (Fsp3) is 0.125. The number of thiazole rings is 1. The number of nitrogens with two attached hydrogens (primary N) is 1. The number of aliphatic carboxylic acids is 1. The van der Waals surface area contributed by atoms with Gasteiger partial charge in [-0.1, -0.05) is 11.1 Å². The normalized spacial score (nSPS) is 10.7. The van der Waals surface area contributed by atoms with Crippen molar-refractivity contribution in [2.45, 2.75) is 0 Å². The Morgan fingerprint density at radius 3 is 3.07 bits per heavy atom. The Bertz CT molecular complexity index is 433. The van der Waals surface area contributed by atoms with Gasteiger partial charge < -0.3 is 15.7 Å². The lowest BCUT2D eigenvalue weighted by molar-refractivity contribution is -0.129. The van der Waals surface area contributed by atoms with Crippen LogP contribution in [-0.4, -0.2) is 28.4 Å². The average Bonchev–Trinajstić information content (AvgIpc) is 2.59. The highest BCUT2D eigenvalue weighted by Crippen LogP contribution is 2.12. The number of carbonyl (C=O) groups is 1. The molecule has 1 heterocycles. The molecule has 1 rings (SSSR count). The first kappa shape index (κ1) is 11.0. The Hall–Kier alpha value is -2.07. The van der Waals surface area contributed by atoms with Crippen molar-refractivity contribution in [1.82, 2.24) is 4.98 Å². The van der Waals surface area contributed by atoms with E-state index in [1.807, 2.05) is 0 Å². The summed E-state index contributed by atoms with van der Waals surface area (Å²) in [5, 5.41) is 13.9. The zero-order valence-corrected chi connectivity index (χ0v) is 8.32. The van der Waals surface area contributed by atoms with E-state index < -0.39 is 5.97 Å². The van der Waals surface area contributed by atoms with Crippen LogP contribution in [0.2, 0.25) is 0 Å². The second-order valence-corrected chi connectivity index (χ2v) is 3.18. The van der Waals surface area contributed by atoms with Crippen LogP contribution in [0.3, 0.4) is 0 Å². The molecule has 0 saturated carbocycles. The third kappa shape index (κ3) is 2.96. The summed E-state index contributed by atoms with van der Waals surface area (Å²) in [4.78, 5) is 19.1. The maximum atomic E-state index is 10.8. The molecule has 0 aliphatic carbocycles. The largest absolute Gasteiger partial charge is 0.476 e. The van der Waals surface area contributed by atoms with E-state index in [4.69, 9.17) is 17.3 Å². The van der Waals surface area contributed by atoms with Gasteiger partial charge in [0.2, 0.25) is 5.71 Å². The van der Waals surface area contributed by atoms with E-state index in [1.54, 1.807) is 0 Å². The van der Waals surface area contributed by atoms with E-state index in [0.717, 1.165) is 11.3 Å². The second kappa shape index (κ2) is 4.97. The summed E-state index contributed by atoms with van der Waals surface area (Å²) in [6.07, 6.45) is 4.91. The van der Waals surface area contributed by atoms with Crippen LogP contribution < -0.4 is 5.73 Å². The minimum atomic E-state index is -1.25. The number of terminal acetylenes is 1. The van der Waals surface area contributed by atoms with Crippen LogP contribution in [0.5, 0.6) is 0 Å². The molecule has 6 nitrogen and oxygen atoms in total. The van der Waals surface area contributed by atoms with E-state index >= 15 is 0 Å². The van der Waals surface area contributed by atoms with Gasteiger partial charge in [0.1, 0.15) is 5.69 Å². The smallest absolute Gasteiger partial charge is 0.360 e. The minimum absolute atomic E-state index is 0.101. The van der Waals surface area contributed by atoms with Gasteiger partial charge in [0.25, 0.3) is 0 Å². The number of nitrogen functional groups attached to an aromatic ring is 1. The van der Waals surface area contributed by atoms with E-state index in [1.165, 1.54) is 5.38 Å². The number of carboxylic acid groups (broad SMARTS) is 1. The quantitative estimate of drug-likeness (QED) is 0.329. The highest BCUT2D eigenvalue weighted by molar-refractivity contribution is 7.13. The summed E-state index contributed by atoms with van der Waals surface area (Å²) in [5.41, 5.74) is 5.19. The topological polar surface area (TPSA) is 97.8 Å². The molecule has 0 unspecified atom stereocenters. The first-order chi connectivity index (χ1) is 7.15. The molecule has 0 aliphatic rings. The summed E-state index contributed by atoms with van der Waals surface area (Å²) in [6.45, 7) is -0.101. The fourth-order valence-electron chi connectivity index (χ4n) is 0.726. The first-order valence-corrected chi connectivity index (χ1v) is 4.61. The lowest BCUT2D eigenvalue weighted by Gasteiger charge is -1.96. The van der Waals surface area contributed by atoms with Crippen molar-refractivity contribution in [3.05, 3.63) is 11.1 Å². The van der Waals surface area contributed by atoms with E-state index in [0.29, 0.717) is 0 Å². The van der Waals surface area contributed by atoms with Crippen LogP contribution in [0.15, 0.2) is 10.5 Å². The van der Waals surface area contributed by atoms with Gasteiger partial charge in [-0.3, -0.25) is 0 Å². The molecule has 0 fully saturated rings. The number of aromatic nitrogens is 1. The highest BCUT2D eigenvalue weighted by Gasteiger charge is 2.16. The van der Waals surface area contributed by atoms with Gasteiger partial charge in [0, 0.05) is 5.38 Å². The Morgan fingerprint density at radius 2 is 2.60 bits per heavy atom. The Kier molecular flexibility index (Phi) is 3.65. The van der Waals surface area contributed by atoms with Crippen molar-refractivity contribution >= 4 is 28.1 Å². The third-order valence-corrected chi connectivity index (χ3v) is 1.94. The number of hydrogen-bond acceptors (Lipinski definition) is 6. The average molecular weight is 225 g/mol. The van der Waals surface area contributed by atoms with Gasteiger partial charge in [-0.15, -0.1) is 17.8 Å². The van der Waals surface area contributed by atoms with Crippen molar-refractivity contribution in [2.75, 3.05) is 12.3 Å². The summed E-state index contributed by atoms with van der Waals surface area (Å²) in [7, 11) is 0. The number of carboxylic acids is 1. The van der Waals surface area contributed by atoms with Crippen LogP contribution in [0.25, 0.3) is 0 Å². The predicted molar refractivity (Wildman–Crippen MR) is 55.5 cm³/mol. The van der Waals surface area contributed by atoms with Gasteiger partial charge in [-0.25, -0.2) is 9.78 Å². The van der Waals surface area contributed by atoms with Crippen LogP contribution in [-0.2, 0) is 9.63 Å². The third-order valence-electron chi connectivity index (χ3n) is 1.27. The van der Waals surface area contributed by atoms with E-state index in [-0.39, 0.29) is 23.1 Å². The van der Waals surface area contributed by atoms with Crippen LogP contribution >= 0.6 is 11.3 Å². The van der Waals surface area contributed by atoms with Gasteiger partial charge in [0.15, 0.2) is 11.7 Å². The number of hydrogen-bond donors (Lipinski definition) is 2. The lowest BCUT2D eigenvalue weighted by Crippen LogP contribution is -2.15. The summed E-state index contributed by atoms with van der Waals surface area (Å²) >= 11 is 1.12. The van der Waals surface area contributed by atoms with Gasteiger partial charge in [0.05, 0.1) is 0 Å². The van der Waals surface area contributed by atoms with Crippen LogP contribution in [0.1, 0.15) is 5.69 Å². The predicted octanol–water partition coefficient (Wildman–Crippen LogP) is 0.164. The molecule has 0 spiro atoms. The molecule has 0 aromatic carbocycles. The Balaban J connectivity index is 2.89. The zero-order chi connectivity index (χ0) is 11.3.